The van der Waals surface area contributed by atoms with Gasteiger partial charge in [-0.2, -0.15) is 0 Å². The minimum absolute atomic E-state index is 0.0463. The third-order valence-electron chi connectivity index (χ3n) is 4.02. The summed E-state index contributed by atoms with van der Waals surface area (Å²) < 4.78 is 0. The molecule has 1 atom stereocenters. The molecule has 0 spiro atoms. The summed E-state index contributed by atoms with van der Waals surface area (Å²) in [7, 11) is 0. The summed E-state index contributed by atoms with van der Waals surface area (Å²) in [5.74, 6) is 0. The van der Waals surface area contributed by atoms with Gasteiger partial charge in [0.15, 0.2) is 0 Å². The molecule has 0 aliphatic heterocycles. The van der Waals surface area contributed by atoms with Crippen LogP contribution in [0.25, 0.3) is 0 Å². The molecular formula is C18H20ClN3O2. The average molecular weight is 346 g/mol. The molecule has 0 radical (unpaired) electrons. The Hall–Kier alpha value is -2.11. The first-order valence-electron chi connectivity index (χ1n) is 8.03. The molecule has 2 aromatic rings. The van der Waals surface area contributed by atoms with Gasteiger partial charge in [-0.15, -0.1) is 0 Å². The van der Waals surface area contributed by atoms with Gasteiger partial charge in [-0.1, -0.05) is 29.8 Å². The molecule has 6 heteroatoms. The lowest BCUT2D eigenvalue weighted by Gasteiger charge is -2.26. The van der Waals surface area contributed by atoms with E-state index < -0.39 is 6.04 Å². The molecule has 0 bridgehead atoms. The van der Waals surface area contributed by atoms with E-state index in [0.717, 1.165) is 24.1 Å². The number of carbonyl (C=O) groups excluding carboxylic acids is 1. The lowest BCUT2D eigenvalue weighted by atomic mass is 10.0. The van der Waals surface area contributed by atoms with Crippen molar-refractivity contribution >= 4 is 17.6 Å². The Morgan fingerprint density at radius 2 is 2.17 bits per heavy atom. The molecule has 3 rings (SSSR count). The molecule has 1 aliphatic carbocycles. The lowest BCUT2D eigenvalue weighted by Crippen LogP contribution is -2.44. The van der Waals surface area contributed by atoms with Gasteiger partial charge in [-0.25, -0.2) is 4.79 Å². The Morgan fingerprint density at radius 3 is 2.79 bits per heavy atom. The molecule has 1 aliphatic rings. The van der Waals surface area contributed by atoms with Gasteiger partial charge in [-0.3, -0.25) is 4.98 Å². The zero-order valence-corrected chi connectivity index (χ0v) is 14.0. The van der Waals surface area contributed by atoms with Crippen LogP contribution in [0.5, 0.6) is 0 Å². The maximum Gasteiger partial charge on any atom is 0.318 e. The first kappa shape index (κ1) is 16.7. The molecule has 126 valence electrons. The van der Waals surface area contributed by atoms with Gasteiger partial charge < -0.3 is 15.3 Å². The van der Waals surface area contributed by atoms with Crippen LogP contribution in [0, 0.1) is 0 Å². The highest BCUT2D eigenvalue weighted by molar-refractivity contribution is 6.30. The van der Waals surface area contributed by atoms with E-state index in [1.807, 2.05) is 36.4 Å². The summed E-state index contributed by atoms with van der Waals surface area (Å²) in [6.07, 6.45) is 3.67. The third kappa shape index (κ3) is 4.04. The molecule has 2 N–H and O–H groups in total. The van der Waals surface area contributed by atoms with Gasteiger partial charge in [0.1, 0.15) is 0 Å². The molecule has 0 saturated heterocycles. The maximum absolute atomic E-state index is 12.7. The number of pyridine rings is 1. The van der Waals surface area contributed by atoms with Gasteiger partial charge in [0.05, 0.1) is 18.3 Å². The van der Waals surface area contributed by atoms with Crippen molar-refractivity contribution in [3.05, 3.63) is 64.9 Å². The third-order valence-corrected chi connectivity index (χ3v) is 4.26. The van der Waals surface area contributed by atoms with Crippen LogP contribution >= 0.6 is 11.6 Å². The van der Waals surface area contributed by atoms with Crippen LogP contribution < -0.4 is 5.32 Å². The average Bonchev–Trinajstić information content (AvgIpc) is 3.43. The normalized spacial score (nSPS) is 14.9. The van der Waals surface area contributed by atoms with Crippen molar-refractivity contribution < 1.29 is 9.90 Å². The second-order valence-electron chi connectivity index (χ2n) is 5.84. The number of hydrogen-bond donors (Lipinski definition) is 2. The summed E-state index contributed by atoms with van der Waals surface area (Å²) in [6, 6.07) is 12.6. The summed E-state index contributed by atoms with van der Waals surface area (Å²) in [5, 5.41) is 12.9. The van der Waals surface area contributed by atoms with Crippen molar-refractivity contribution in [3.63, 3.8) is 0 Å². The van der Waals surface area contributed by atoms with E-state index in [-0.39, 0.29) is 18.7 Å². The van der Waals surface area contributed by atoms with Crippen molar-refractivity contribution in [1.29, 1.82) is 0 Å². The molecule has 5 nitrogen and oxygen atoms in total. The molecule has 24 heavy (non-hydrogen) atoms. The quantitative estimate of drug-likeness (QED) is 0.845. The number of rotatable bonds is 6. The second kappa shape index (κ2) is 7.64. The molecule has 1 unspecified atom stereocenters. The van der Waals surface area contributed by atoms with E-state index in [2.05, 4.69) is 10.3 Å². The number of urea groups is 1. The number of halogens is 1. The Bertz CT molecular complexity index is 692. The summed E-state index contributed by atoms with van der Waals surface area (Å²) >= 11 is 6.11. The Labute approximate surface area is 146 Å². The molecule has 1 aromatic carbocycles. The number of aliphatic hydroxyl groups excluding tert-OH is 1. The molecule has 2 amide bonds. The van der Waals surface area contributed by atoms with E-state index in [0.29, 0.717) is 11.6 Å². The molecule has 1 saturated carbocycles. The SMILES string of the molecule is O=C(NC(c1cccc(Cl)c1)c1ccccn1)N(CCO)C1CC1. The standard InChI is InChI=1S/C18H20ClN3O2/c19-14-5-3-4-13(12-14)17(16-6-1-2-9-20-16)21-18(24)22(10-11-23)15-7-8-15/h1-6,9,12,15,17,23H,7-8,10-11H2,(H,21,24). The minimum atomic E-state index is -0.391. The molecule has 1 fully saturated rings. The van der Waals surface area contributed by atoms with Crippen LogP contribution in [0.4, 0.5) is 4.79 Å². The Morgan fingerprint density at radius 1 is 1.33 bits per heavy atom. The van der Waals surface area contributed by atoms with Crippen LogP contribution in [-0.2, 0) is 0 Å². The van der Waals surface area contributed by atoms with Crippen molar-refractivity contribution in [1.82, 2.24) is 15.2 Å². The number of benzene rings is 1. The van der Waals surface area contributed by atoms with Crippen LogP contribution in [0.1, 0.15) is 30.1 Å². The zero-order chi connectivity index (χ0) is 16.9. The molecule has 1 heterocycles. The monoisotopic (exact) mass is 345 g/mol. The zero-order valence-electron chi connectivity index (χ0n) is 13.2. The summed E-state index contributed by atoms with van der Waals surface area (Å²) in [4.78, 5) is 18.8. The van der Waals surface area contributed by atoms with Crippen LogP contribution in [0.2, 0.25) is 5.02 Å². The smallest absolute Gasteiger partial charge is 0.318 e. The molecule has 1 aromatic heterocycles. The number of aromatic nitrogens is 1. The number of hydrogen-bond acceptors (Lipinski definition) is 3. The fourth-order valence-electron chi connectivity index (χ4n) is 2.71. The van der Waals surface area contributed by atoms with Crippen LogP contribution in [0.3, 0.4) is 0 Å². The Kier molecular flexibility index (Phi) is 5.33. The van der Waals surface area contributed by atoms with Gasteiger partial charge in [0.25, 0.3) is 0 Å². The highest BCUT2D eigenvalue weighted by Crippen LogP contribution is 2.28. The maximum atomic E-state index is 12.7. The highest BCUT2D eigenvalue weighted by Gasteiger charge is 2.33. The van der Waals surface area contributed by atoms with E-state index in [1.165, 1.54) is 0 Å². The van der Waals surface area contributed by atoms with E-state index in [4.69, 9.17) is 11.6 Å². The van der Waals surface area contributed by atoms with Gasteiger partial charge >= 0.3 is 6.03 Å². The van der Waals surface area contributed by atoms with Crippen LogP contribution in [-0.4, -0.2) is 40.2 Å². The number of nitrogens with zero attached hydrogens (tertiary/aromatic N) is 2. The van der Waals surface area contributed by atoms with Gasteiger partial charge in [0.2, 0.25) is 0 Å². The summed E-state index contributed by atoms with van der Waals surface area (Å²) in [5.41, 5.74) is 1.61. The lowest BCUT2D eigenvalue weighted by molar-refractivity contribution is 0.171. The topological polar surface area (TPSA) is 65.5 Å². The van der Waals surface area contributed by atoms with Crippen molar-refractivity contribution in [2.45, 2.75) is 24.9 Å². The number of aliphatic hydroxyl groups is 1. The number of nitrogens with one attached hydrogen (secondary N) is 1. The minimum Gasteiger partial charge on any atom is -0.395 e. The number of amides is 2. The van der Waals surface area contributed by atoms with Crippen molar-refractivity contribution in [2.75, 3.05) is 13.2 Å². The first-order valence-corrected chi connectivity index (χ1v) is 8.41. The fourth-order valence-corrected chi connectivity index (χ4v) is 2.91. The van der Waals surface area contributed by atoms with E-state index in [9.17, 15) is 9.90 Å². The van der Waals surface area contributed by atoms with E-state index >= 15 is 0 Å². The van der Waals surface area contributed by atoms with Crippen molar-refractivity contribution in [2.24, 2.45) is 0 Å². The number of carbonyl (C=O) groups is 1. The Balaban J connectivity index is 1.86. The predicted molar refractivity (Wildman–Crippen MR) is 92.9 cm³/mol. The van der Waals surface area contributed by atoms with Crippen LogP contribution in [0.15, 0.2) is 48.7 Å². The first-order chi connectivity index (χ1) is 11.7. The summed E-state index contributed by atoms with van der Waals surface area (Å²) in [6.45, 7) is 0.288. The van der Waals surface area contributed by atoms with Gasteiger partial charge in [-0.05, 0) is 42.7 Å². The molecular weight excluding hydrogens is 326 g/mol. The highest BCUT2D eigenvalue weighted by atomic mass is 35.5. The van der Waals surface area contributed by atoms with Crippen molar-refractivity contribution in [3.8, 4) is 0 Å². The fraction of sp³-hybridized carbons (Fsp3) is 0.333. The second-order valence-corrected chi connectivity index (χ2v) is 6.28. The van der Waals surface area contributed by atoms with Gasteiger partial charge in [0, 0.05) is 23.8 Å². The van der Waals surface area contributed by atoms with E-state index in [1.54, 1.807) is 17.2 Å². The predicted octanol–water partition coefficient (Wildman–Crippen LogP) is 2.99. The largest absolute Gasteiger partial charge is 0.395 e.